The van der Waals surface area contributed by atoms with Crippen LogP contribution in [-0.4, -0.2) is 60.0 Å². The quantitative estimate of drug-likeness (QED) is 0.599. The van der Waals surface area contributed by atoms with E-state index in [1.54, 1.807) is 24.3 Å². The van der Waals surface area contributed by atoms with Crippen LogP contribution in [0.2, 0.25) is 5.02 Å². The lowest BCUT2D eigenvalue weighted by molar-refractivity contribution is -0.139. The van der Waals surface area contributed by atoms with E-state index >= 15 is 0 Å². The Morgan fingerprint density at radius 3 is 2.56 bits per heavy atom. The van der Waals surface area contributed by atoms with Crippen molar-refractivity contribution in [3.05, 3.63) is 59.1 Å². The number of carbonyl (C=O) groups excluding carboxylic acids is 2. The van der Waals surface area contributed by atoms with Crippen molar-refractivity contribution < 1.29 is 19.1 Å². The first-order valence-electron chi connectivity index (χ1n) is 12.3. The number of nitrogens with zero attached hydrogens (tertiary/aromatic N) is 2. The molecule has 0 bridgehead atoms. The van der Waals surface area contributed by atoms with Crippen LogP contribution in [0, 0.1) is 0 Å². The van der Waals surface area contributed by atoms with E-state index in [-0.39, 0.29) is 30.6 Å². The molecule has 2 aromatic carbocycles. The standard InChI is InChI=1S/C27H33ClN2O4/c1-2-29-17-7-8-18-30(26(31)19-33-21-15-13-20(28)14-16-21)23-10-4-6-12-25(23)34-24-11-5-3-9-22(24)27(29)32/h3,5,9,11,13-16,23,25H,2,4,6-8,10,12,17-19H2,1H3/t23-,25+/m1/s1. The summed E-state index contributed by atoms with van der Waals surface area (Å²) in [5, 5.41) is 0.629. The van der Waals surface area contributed by atoms with Crippen molar-refractivity contribution in [2.24, 2.45) is 0 Å². The van der Waals surface area contributed by atoms with Crippen LogP contribution in [-0.2, 0) is 4.79 Å². The number of hydrogen-bond donors (Lipinski definition) is 0. The summed E-state index contributed by atoms with van der Waals surface area (Å²) in [7, 11) is 0. The molecule has 0 aromatic heterocycles. The Kier molecular flexibility index (Phi) is 8.33. The Balaban J connectivity index is 1.57. The summed E-state index contributed by atoms with van der Waals surface area (Å²) in [6.45, 7) is 3.88. The second-order valence-electron chi connectivity index (χ2n) is 8.93. The number of amides is 2. The van der Waals surface area contributed by atoms with Gasteiger partial charge in [-0.05, 0) is 75.4 Å². The number of benzene rings is 2. The van der Waals surface area contributed by atoms with E-state index in [0.29, 0.717) is 41.7 Å². The number of para-hydroxylation sites is 1. The van der Waals surface area contributed by atoms with Crippen molar-refractivity contribution in [1.82, 2.24) is 9.80 Å². The average molecular weight is 485 g/mol. The van der Waals surface area contributed by atoms with Crippen LogP contribution in [0.25, 0.3) is 0 Å². The topological polar surface area (TPSA) is 59.1 Å². The molecule has 0 unspecified atom stereocenters. The second-order valence-corrected chi connectivity index (χ2v) is 9.36. The summed E-state index contributed by atoms with van der Waals surface area (Å²) in [6, 6.07) is 14.5. The molecule has 2 amide bonds. The minimum Gasteiger partial charge on any atom is -0.487 e. The number of rotatable bonds is 4. The number of halogens is 1. The maximum atomic E-state index is 13.4. The number of ether oxygens (including phenoxy) is 2. The molecule has 0 spiro atoms. The van der Waals surface area contributed by atoms with Crippen LogP contribution in [0.5, 0.6) is 11.5 Å². The van der Waals surface area contributed by atoms with E-state index in [0.717, 1.165) is 38.5 Å². The summed E-state index contributed by atoms with van der Waals surface area (Å²) in [5.74, 6) is 1.20. The Hall–Kier alpha value is -2.73. The average Bonchev–Trinajstić information content (AvgIpc) is 2.86. The Labute approximate surface area is 206 Å². The molecule has 1 saturated carbocycles. The fraction of sp³-hybridized carbons (Fsp3) is 0.481. The van der Waals surface area contributed by atoms with E-state index < -0.39 is 0 Å². The van der Waals surface area contributed by atoms with Gasteiger partial charge in [0.1, 0.15) is 17.6 Å². The van der Waals surface area contributed by atoms with Crippen molar-refractivity contribution in [2.75, 3.05) is 26.2 Å². The Morgan fingerprint density at radius 2 is 1.76 bits per heavy atom. The fourth-order valence-electron chi connectivity index (χ4n) is 4.87. The normalized spacial score (nSPS) is 21.4. The van der Waals surface area contributed by atoms with Gasteiger partial charge >= 0.3 is 0 Å². The van der Waals surface area contributed by atoms with Gasteiger partial charge in [0.15, 0.2) is 6.61 Å². The van der Waals surface area contributed by atoms with Crippen LogP contribution < -0.4 is 9.47 Å². The van der Waals surface area contributed by atoms with Gasteiger partial charge in [0.05, 0.1) is 11.6 Å². The monoisotopic (exact) mass is 484 g/mol. The predicted octanol–water partition coefficient (Wildman–Crippen LogP) is 5.19. The Bertz CT molecular complexity index is 981. The number of hydrogen-bond acceptors (Lipinski definition) is 4. The molecular weight excluding hydrogens is 452 g/mol. The summed E-state index contributed by atoms with van der Waals surface area (Å²) in [4.78, 5) is 30.4. The molecule has 1 fully saturated rings. The van der Waals surface area contributed by atoms with Gasteiger partial charge in [0.25, 0.3) is 11.8 Å². The first-order valence-corrected chi connectivity index (χ1v) is 12.7. The molecule has 2 aromatic rings. The molecular formula is C27H33ClN2O4. The van der Waals surface area contributed by atoms with Gasteiger partial charge in [-0.1, -0.05) is 30.2 Å². The third-order valence-corrected chi connectivity index (χ3v) is 6.96. The smallest absolute Gasteiger partial charge is 0.260 e. The predicted molar refractivity (Wildman–Crippen MR) is 133 cm³/mol. The molecule has 2 atom stereocenters. The highest BCUT2D eigenvalue weighted by atomic mass is 35.5. The highest BCUT2D eigenvalue weighted by Gasteiger charge is 2.35. The molecule has 1 heterocycles. The third kappa shape index (κ3) is 5.84. The van der Waals surface area contributed by atoms with Crippen LogP contribution in [0.4, 0.5) is 0 Å². The van der Waals surface area contributed by atoms with E-state index in [4.69, 9.17) is 21.1 Å². The third-order valence-electron chi connectivity index (χ3n) is 6.71. The van der Waals surface area contributed by atoms with Gasteiger partial charge in [-0.25, -0.2) is 0 Å². The summed E-state index contributed by atoms with van der Waals surface area (Å²) >= 11 is 5.96. The first-order chi connectivity index (χ1) is 16.6. The molecule has 6 nitrogen and oxygen atoms in total. The molecule has 2 aliphatic rings. The molecule has 0 radical (unpaired) electrons. The molecule has 1 aliphatic carbocycles. The van der Waals surface area contributed by atoms with Crippen LogP contribution in [0.3, 0.4) is 0 Å². The number of carbonyl (C=O) groups is 2. The van der Waals surface area contributed by atoms with E-state index in [9.17, 15) is 9.59 Å². The lowest BCUT2D eigenvalue weighted by atomic mass is 9.90. The highest BCUT2D eigenvalue weighted by molar-refractivity contribution is 6.30. The molecule has 7 heteroatoms. The van der Waals surface area contributed by atoms with Gasteiger partial charge in [0.2, 0.25) is 0 Å². The van der Waals surface area contributed by atoms with Gasteiger partial charge in [0, 0.05) is 24.7 Å². The molecule has 0 N–H and O–H groups in total. The van der Waals surface area contributed by atoms with Crippen LogP contribution in [0.1, 0.15) is 55.8 Å². The lowest BCUT2D eigenvalue weighted by Crippen LogP contribution is -2.52. The zero-order chi connectivity index (χ0) is 23.9. The van der Waals surface area contributed by atoms with E-state index in [1.165, 1.54) is 0 Å². The van der Waals surface area contributed by atoms with Crippen molar-refractivity contribution in [2.45, 2.75) is 57.6 Å². The molecule has 0 saturated heterocycles. The van der Waals surface area contributed by atoms with Gasteiger partial charge in [-0.3, -0.25) is 9.59 Å². The van der Waals surface area contributed by atoms with Crippen molar-refractivity contribution in [3.8, 4) is 11.5 Å². The highest BCUT2D eigenvalue weighted by Crippen LogP contribution is 2.31. The SMILES string of the molecule is CCN1CCCCN(C(=O)COc2ccc(Cl)cc2)[C@@H]2CCCC[C@@H]2Oc2ccccc2C1=O. The minimum absolute atomic E-state index is 0.00956. The second kappa shape index (κ2) is 11.6. The largest absolute Gasteiger partial charge is 0.487 e. The van der Waals surface area contributed by atoms with E-state index in [2.05, 4.69) is 0 Å². The van der Waals surface area contributed by atoms with Gasteiger partial charge in [-0.15, -0.1) is 0 Å². The summed E-state index contributed by atoms with van der Waals surface area (Å²) < 4.78 is 12.3. The maximum absolute atomic E-state index is 13.4. The van der Waals surface area contributed by atoms with E-state index in [1.807, 2.05) is 41.0 Å². The van der Waals surface area contributed by atoms with Crippen LogP contribution >= 0.6 is 11.6 Å². The fourth-order valence-corrected chi connectivity index (χ4v) is 5.00. The zero-order valence-corrected chi connectivity index (χ0v) is 20.5. The number of fused-ring (bicyclic) bond motifs is 2. The Morgan fingerprint density at radius 1 is 1.03 bits per heavy atom. The summed E-state index contributed by atoms with van der Waals surface area (Å²) in [5.41, 5.74) is 0.596. The lowest BCUT2D eigenvalue weighted by Gasteiger charge is -2.40. The van der Waals surface area contributed by atoms with Crippen molar-refractivity contribution in [1.29, 1.82) is 0 Å². The minimum atomic E-state index is -0.156. The zero-order valence-electron chi connectivity index (χ0n) is 19.7. The van der Waals surface area contributed by atoms with Crippen molar-refractivity contribution >= 4 is 23.4 Å². The molecule has 34 heavy (non-hydrogen) atoms. The van der Waals surface area contributed by atoms with Crippen molar-refractivity contribution in [3.63, 3.8) is 0 Å². The molecule has 182 valence electrons. The van der Waals surface area contributed by atoms with Gasteiger partial charge < -0.3 is 19.3 Å². The summed E-state index contributed by atoms with van der Waals surface area (Å²) in [6.07, 6.45) is 5.33. The van der Waals surface area contributed by atoms with Gasteiger partial charge in [-0.2, -0.15) is 0 Å². The van der Waals surface area contributed by atoms with Crippen LogP contribution in [0.15, 0.2) is 48.5 Å². The molecule has 4 rings (SSSR count). The maximum Gasteiger partial charge on any atom is 0.260 e. The first kappa shape index (κ1) is 24.4. The molecule has 1 aliphatic heterocycles.